The maximum Gasteiger partial charge on any atom is 0.205 e. The van der Waals surface area contributed by atoms with Gasteiger partial charge in [0.1, 0.15) is 0 Å². The van der Waals surface area contributed by atoms with Crippen LogP contribution in [-0.2, 0) is 6.54 Å². The number of nitrogens with two attached hydrogens (primary N) is 1. The van der Waals surface area contributed by atoms with Crippen LogP contribution in [0.1, 0.15) is 25.5 Å². The van der Waals surface area contributed by atoms with Gasteiger partial charge in [0.2, 0.25) is 5.95 Å². The number of aryl methyl sites for hydroxylation is 2. The van der Waals surface area contributed by atoms with Gasteiger partial charge in [-0.2, -0.15) is 0 Å². The van der Waals surface area contributed by atoms with E-state index in [1.165, 1.54) is 12.8 Å². The highest BCUT2D eigenvalue weighted by atomic mass is 15.3. The molecule has 1 fully saturated rings. The molecule has 1 aliphatic heterocycles. The molecule has 1 aromatic heterocycles. The summed E-state index contributed by atoms with van der Waals surface area (Å²) in [6.07, 6.45) is 4.55. The van der Waals surface area contributed by atoms with Gasteiger partial charge in [-0.05, 0) is 26.7 Å². The van der Waals surface area contributed by atoms with E-state index < -0.39 is 0 Å². The zero-order valence-corrected chi connectivity index (χ0v) is 9.61. The summed E-state index contributed by atoms with van der Waals surface area (Å²) in [6, 6.07) is 0.483. The molecule has 1 unspecified atom stereocenters. The van der Waals surface area contributed by atoms with E-state index in [1.807, 2.05) is 6.92 Å². The van der Waals surface area contributed by atoms with Crippen molar-refractivity contribution in [3.05, 3.63) is 11.9 Å². The number of rotatable bonds is 3. The van der Waals surface area contributed by atoms with Crippen molar-refractivity contribution in [1.82, 2.24) is 9.55 Å². The molecule has 0 spiro atoms. The van der Waals surface area contributed by atoms with E-state index >= 15 is 0 Å². The highest BCUT2D eigenvalue weighted by molar-refractivity contribution is 5.36. The molecule has 1 aliphatic rings. The van der Waals surface area contributed by atoms with Crippen LogP contribution >= 0.6 is 0 Å². The minimum atomic E-state index is 0.483. The van der Waals surface area contributed by atoms with Crippen LogP contribution in [0, 0.1) is 6.92 Å². The van der Waals surface area contributed by atoms with Crippen LogP contribution in [0.15, 0.2) is 6.20 Å². The molecular formula is C11H20N4. The van der Waals surface area contributed by atoms with Crippen LogP contribution in [-0.4, -0.2) is 28.7 Å². The number of nitrogens with zero attached hydrogens (tertiary/aromatic N) is 3. The number of imidazole rings is 1. The molecule has 2 heterocycles. The zero-order valence-electron chi connectivity index (χ0n) is 9.61. The minimum Gasteiger partial charge on any atom is -0.338 e. The monoisotopic (exact) mass is 208 g/mol. The van der Waals surface area contributed by atoms with Gasteiger partial charge >= 0.3 is 0 Å². The lowest BCUT2D eigenvalue weighted by Gasteiger charge is -2.24. The summed E-state index contributed by atoms with van der Waals surface area (Å²) in [6.45, 7) is 7.00. The fourth-order valence-corrected chi connectivity index (χ4v) is 2.34. The van der Waals surface area contributed by atoms with Crippen LogP contribution < -0.4 is 10.6 Å². The number of aromatic nitrogens is 2. The van der Waals surface area contributed by atoms with Crippen molar-refractivity contribution in [2.75, 3.05) is 18.0 Å². The van der Waals surface area contributed by atoms with Crippen molar-refractivity contribution in [2.24, 2.45) is 5.73 Å². The second kappa shape index (κ2) is 4.23. The summed E-state index contributed by atoms with van der Waals surface area (Å²) in [4.78, 5) is 6.95. The van der Waals surface area contributed by atoms with Gasteiger partial charge in [-0.25, -0.2) is 4.98 Å². The van der Waals surface area contributed by atoms with Crippen LogP contribution in [0.3, 0.4) is 0 Å². The highest BCUT2D eigenvalue weighted by Crippen LogP contribution is 2.24. The maximum absolute atomic E-state index is 5.78. The van der Waals surface area contributed by atoms with Crippen molar-refractivity contribution in [3.63, 3.8) is 0 Å². The molecule has 2 N–H and O–H groups in total. The van der Waals surface area contributed by atoms with Crippen LogP contribution in [0.2, 0.25) is 0 Å². The van der Waals surface area contributed by atoms with Gasteiger partial charge in [-0.3, -0.25) is 0 Å². The van der Waals surface area contributed by atoms with Crippen molar-refractivity contribution in [3.8, 4) is 0 Å². The number of hydrogen-bond donors (Lipinski definition) is 1. The molecule has 2 rings (SSSR count). The normalized spacial score (nSPS) is 21.3. The minimum absolute atomic E-state index is 0.483. The Kier molecular flexibility index (Phi) is 2.95. The second-order valence-corrected chi connectivity index (χ2v) is 4.19. The Hall–Kier alpha value is -1.03. The molecule has 84 valence electrons. The van der Waals surface area contributed by atoms with Crippen LogP contribution in [0.5, 0.6) is 0 Å². The highest BCUT2D eigenvalue weighted by Gasteiger charge is 2.26. The van der Waals surface area contributed by atoms with Gasteiger partial charge in [-0.1, -0.05) is 0 Å². The summed E-state index contributed by atoms with van der Waals surface area (Å²) in [5.74, 6) is 1.10. The van der Waals surface area contributed by atoms with Gasteiger partial charge < -0.3 is 15.2 Å². The average molecular weight is 208 g/mol. The Morgan fingerprint density at radius 3 is 3.07 bits per heavy atom. The molecule has 0 bridgehead atoms. The van der Waals surface area contributed by atoms with Crippen molar-refractivity contribution in [1.29, 1.82) is 0 Å². The number of anilines is 1. The van der Waals surface area contributed by atoms with E-state index in [0.717, 1.165) is 31.3 Å². The maximum atomic E-state index is 5.78. The summed E-state index contributed by atoms with van der Waals surface area (Å²) in [5, 5.41) is 0. The van der Waals surface area contributed by atoms with Gasteiger partial charge in [-0.15, -0.1) is 0 Å². The standard InChI is InChI=1S/C11H20N4/c1-3-14-8-9(2)13-11(14)15-6-4-5-10(15)7-12/h8,10H,3-7,12H2,1-2H3. The molecule has 1 aromatic rings. The van der Waals surface area contributed by atoms with Crippen molar-refractivity contribution < 1.29 is 0 Å². The first kappa shape index (κ1) is 10.5. The molecular weight excluding hydrogens is 188 g/mol. The summed E-state index contributed by atoms with van der Waals surface area (Å²) < 4.78 is 2.21. The van der Waals surface area contributed by atoms with E-state index in [-0.39, 0.29) is 0 Å². The molecule has 15 heavy (non-hydrogen) atoms. The molecule has 4 nitrogen and oxygen atoms in total. The summed E-state index contributed by atoms with van der Waals surface area (Å²) in [5.41, 5.74) is 6.87. The van der Waals surface area contributed by atoms with E-state index in [4.69, 9.17) is 5.73 Å². The molecule has 0 amide bonds. The summed E-state index contributed by atoms with van der Waals surface area (Å²) in [7, 11) is 0. The lowest BCUT2D eigenvalue weighted by molar-refractivity contribution is 0.639. The third kappa shape index (κ3) is 1.86. The fraction of sp³-hybridized carbons (Fsp3) is 0.727. The van der Waals surface area contributed by atoms with Crippen molar-refractivity contribution in [2.45, 2.75) is 39.3 Å². The molecule has 1 atom stereocenters. The Morgan fingerprint density at radius 1 is 1.60 bits per heavy atom. The molecule has 4 heteroatoms. The first-order valence-corrected chi connectivity index (χ1v) is 5.76. The van der Waals surface area contributed by atoms with E-state index in [9.17, 15) is 0 Å². The van der Waals surface area contributed by atoms with Crippen molar-refractivity contribution >= 4 is 5.95 Å². The first-order chi connectivity index (χ1) is 7.26. The molecule has 0 saturated carbocycles. The lowest BCUT2D eigenvalue weighted by Crippen LogP contribution is -2.37. The van der Waals surface area contributed by atoms with Crippen LogP contribution in [0.25, 0.3) is 0 Å². The third-order valence-electron chi connectivity index (χ3n) is 3.12. The topological polar surface area (TPSA) is 47.1 Å². The largest absolute Gasteiger partial charge is 0.338 e. The Morgan fingerprint density at radius 2 is 2.40 bits per heavy atom. The van der Waals surface area contributed by atoms with Gasteiger partial charge in [0.05, 0.1) is 5.69 Å². The second-order valence-electron chi connectivity index (χ2n) is 4.19. The summed E-state index contributed by atoms with van der Waals surface area (Å²) >= 11 is 0. The molecule has 1 saturated heterocycles. The molecule has 0 radical (unpaired) electrons. The first-order valence-electron chi connectivity index (χ1n) is 5.76. The Balaban J connectivity index is 2.27. The SMILES string of the molecule is CCn1cc(C)nc1N1CCCC1CN. The Bertz CT molecular complexity index is 331. The quantitative estimate of drug-likeness (QED) is 0.810. The van der Waals surface area contributed by atoms with E-state index in [0.29, 0.717) is 6.04 Å². The van der Waals surface area contributed by atoms with Gasteiger partial charge in [0, 0.05) is 31.9 Å². The number of hydrogen-bond acceptors (Lipinski definition) is 3. The predicted octanol–water partition coefficient (Wildman–Crippen LogP) is 1.14. The predicted molar refractivity (Wildman–Crippen MR) is 62.1 cm³/mol. The molecule has 0 aliphatic carbocycles. The van der Waals surface area contributed by atoms with Gasteiger partial charge in [0.15, 0.2) is 0 Å². The average Bonchev–Trinajstić information content (AvgIpc) is 2.82. The fourth-order valence-electron chi connectivity index (χ4n) is 2.34. The van der Waals surface area contributed by atoms with E-state index in [2.05, 4.69) is 27.6 Å². The van der Waals surface area contributed by atoms with Gasteiger partial charge in [0.25, 0.3) is 0 Å². The van der Waals surface area contributed by atoms with E-state index in [1.54, 1.807) is 0 Å². The van der Waals surface area contributed by atoms with Crippen LogP contribution in [0.4, 0.5) is 5.95 Å². The zero-order chi connectivity index (χ0) is 10.8. The smallest absolute Gasteiger partial charge is 0.205 e. The molecule has 0 aromatic carbocycles. The Labute approximate surface area is 91.1 Å². The lowest BCUT2D eigenvalue weighted by atomic mass is 10.2. The third-order valence-corrected chi connectivity index (χ3v) is 3.12.